The fourth-order valence-corrected chi connectivity index (χ4v) is 5.65. The lowest BCUT2D eigenvalue weighted by atomic mass is 10.1. The van der Waals surface area contributed by atoms with Gasteiger partial charge in [-0.05, 0) is 58.7 Å². The van der Waals surface area contributed by atoms with Crippen molar-refractivity contribution in [1.29, 1.82) is 0 Å². The summed E-state index contributed by atoms with van der Waals surface area (Å²) in [5.41, 5.74) is 0. The Kier molecular flexibility index (Phi) is 2.53. The van der Waals surface area contributed by atoms with Gasteiger partial charge in [-0.3, -0.25) is 0 Å². The summed E-state index contributed by atoms with van der Waals surface area (Å²) in [7, 11) is 0. The van der Waals surface area contributed by atoms with Gasteiger partial charge < -0.3 is 0 Å². The van der Waals surface area contributed by atoms with Gasteiger partial charge in [0.25, 0.3) is 0 Å². The van der Waals surface area contributed by atoms with Crippen molar-refractivity contribution in [2.45, 2.75) is 24.1 Å². The molecule has 0 radical (unpaired) electrons. The van der Waals surface area contributed by atoms with Gasteiger partial charge in [-0.1, -0.05) is 22.4 Å². The Bertz CT molecular complexity index is 337. The average molecular weight is 336 g/mol. The Hall–Kier alpha value is 0.660. The molecule has 76 valence electrons. The lowest BCUT2D eigenvalue weighted by Gasteiger charge is -2.09. The van der Waals surface area contributed by atoms with Crippen molar-refractivity contribution in [3.05, 3.63) is 20.8 Å². The van der Waals surface area contributed by atoms with Gasteiger partial charge >= 0.3 is 0 Å². The minimum absolute atomic E-state index is 0.620. The second-order valence-electron chi connectivity index (χ2n) is 4.38. The Balaban J connectivity index is 1.75. The van der Waals surface area contributed by atoms with Gasteiger partial charge in [0.15, 0.2) is 0 Å². The predicted octanol–water partition coefficient (Wildman–Crippen LogP) is 4.99. The standard InChI is InChI=1S/C11H12Br2S/c12-9-5-4-8(14-9)11(13)10-6-2-1-3-7(6)10/h4-7,10-11H,1-3H2. The number of fused-ring (bicyclic) bond motifs is 1. The molecule has 0 aliphatic heterocycles. The van der Waals surface area contributed by atoms with Crippen molar-refractivity contribution in [2.75, 3.05) is 0 Å². The van der Waals surface area contributed by atoms with Crippen LogP contribution in [0, 0.1) is 17.8 Å². The highest BCUT2D eigenvalue weighted by Crippen LogP contribution is 2.64. The molecule has 1 aromatic rings. The number of halogens is 2. The number of hydrogen-bond acceptors (Lipinski definition) is 1. The molecule has 0 spiro atoms. The molecule has 2 aliphatic rings. The van der Waals surface area contributed by atoms with Crippen LogP contribution in [0.3, 0.4) is 0 Å². The monoisotopic (exact) mass is 334 g/mol. The van der Waals surface area contributed by atoms with Gasteiger partial charge in [0, 0.05) is 4.88 Å². The van der Waals surface area contributed by atoms with E-state index in [1.165, 1.54) is 27.9 Å². The normalized spacial score (nSPS) is 36.9. The first-order valence-corrected chi connectivity index (χ1v) is 7.69. The van der Waals surface area contributed by atoms with E-state index >= 15 is 0 Å². The summed E-state index contributed by atoms with van der Waals surface area (Å²) in [6.07, 6.45) is 4.42. The molecule has 0 bridgehead atoms. The van der Waals surface area contributed by atoms with Crippen LogP contribution in [-0.2, 0) is 0 Å². The van der Waals surface area contributed by atoms with Gasteiger partial charge in [0.1, 0.15) is 0 Å². The van der Waals surface area contributed by atoms with Crippen molar-refractivity contribution in [3.63, 3.8) is 0 Å². The smallest absolute Gasteiger partial charge is 0.0701 e. The highest BCUT2D eigenvalue weighted by molar-refractivity contribution is 9.11. The number of hydrogen-bond donors (Lipinski definition) is 0. The summed E-state index contributed by atoms with van der Waals surface area (Å²) in [5.74, 6) is 3.02. The molecule has 0 nitrogen and oxygen atoms in total. The van der Waals surface area contributed by atoms with Crippen molar-refractivity contribution >= 4 is 43.2 Å². The fourth-order valence-electron chi connectivity index (χ4n) is 2.98. The van der Waals surface area contributed by atoms with E-state index in [0.29, 0.717) is 4.83 Å². The molecule has 14 heavy (non-hydrogen) atoms. The zero-order chi connectivity index (χ0) is 9.71. The average Bonchev–Trinajstić information content (AvgIpc) is 2.56. The van der Waals surface area contributed by atoms with Crippen LogP contribution in [0.4, 0.5) is 0 Å². The molecular formula is C11H12Br2S. The Labute approximate surface area is 105 Å². The fraction of sp³-hybridized carbons (Fsp3) is 0.636. The first-order valence-electron chi connectivity index (χ1n) is 5.16. The van der Waals surface area contributed by atoms with E-state index < -0.39 is 0 Å². The van der Waals surface area contributed by atoms with Gasteiger partial charge in [0.2, 0.25) is 0 Å². The topological polar surface area (TPSA) is 0 Å². The van der Waals surface area contributed by atoms with E-state index in [1.54, 1.807) is 0 Å². The first kappa shape index (κ1) is 9.86. The number of alkyl halides is 1. The quantitative estimate of drug-likeness (QED) is 0.668. The van der Waals surface area contributed by atoms with Gasteiger partial charge in [-0.15, -0.1) is 11.3 Å². The van der Waals surface area contributed by atoms with Crippen molar-refractivity contribution in [1.82, 2.24) is 0 Å². The number of rotatable bonds is 2. The Morgan fingerprint density at radius 2 is 2.00 bits per heavy atom. The van der Waals surface area contributed by atoms with Gasteiger partial charge in [-0.25, -0.2) is 0 Å². The zero-order valence-corrected chi connectivity index (χ0v) is 11.7. The summed E-state index contributed by atoms with van der Waals surface area (Å²) in [5, 5.41) is 0. The van der Waals surface area contributed by atoms with E-state index in [-0.39, 0.29) is 0 Å². The second-order valence-corrected chi connectivity index (χ2v) is 7.86. The first-order chi connectivity index (χ1) is 6.77. The van der Waals surface area contributed by atoms with E-state index in [2.05, 4.69) is 44.0 Å². The molecule has 0 saturated heterocycles. The molecule has 3 atom stereocenters. The van der Waals surface area contributed by atoms with Crippen LogP contribution >= 0.6 is 43.2 Å². The van der Waals surface area contributed by atoms with Gasteiger partial charge in [0.05, 0.1) is 8.61 Å². The third-order valence-electron chi connectivity index (χ3n) is 3.68. The van der Waals surface area contributed by atoms with Crippen LogP contribution in [0.1, 0.15) is 29.0 Å². The summed E-state index contributed by atoms with van der Waals surface area (Å²) in [6.45, 7) is 0. The predicted molar refractivity (Wildman–Crippen MR) is 68.0 cm³/mol. The summed E-state index contributed by atoms with van der Waals surface area (Å²) >= 11 is 9.27. The van der Waals surface area contributed by atoms with Crippen LogP contribution in [0.15, 0.2) is 15.9 Å². The maximum Gasteiger partial charge on any atom is 0.0701 e. The van der Waals surface area contributed by atoms with E-state index in [9.17, 15) is 0 Å². The third-order valence-corrected chi connectivity index (χ3v) is 6.79. The van der Waals surface area contributed by atoms with E-state index in [1.807, 2.05) is 11.3 Å². The van der Waals surface area contributed by atoms with Gasteiger partial charge in [-0.2, -0.15) is 0 Å². The molecular weight excluding hydrogens is 324 g/mol. The van der Waals surface area contributed by atoms with E-state index in [0.717, 1.165) is 17.8 Å². The van der Waals surface area contributed by atoms with Crippen LogP contribution in [0.2, 0.25) is 0 Å². The van der Waals surface area contributed by atoms with Crippen LogP contribution in [-0.4, -0.2) is 0 Å². The second kappa shape index (κ2) is 3.60. The SMILES string of the molecule is Brc1ccc(C(Br)C2C3CCCC32)s1. The highest BCUT2D eigenvalue weighted by atomic mass is 79.9. The summed E-state index contributed by atoms with van der Waals surface area (Å²) in [4.78, 5) is 2.12. The molecule has 3 heteroatoms. The Morgan fingerprint density at radius 1 is 1.29 bits per heavy atom. The maximum absolute atomic E-state index is 3.87. The van der Waals surface area contributed by atoms with Crippen molar-refractivity contribution in [3.8, 4) is 0 Å². The third kappa shape index (κ3) is 1.52. The minimum atomic E-state index is 0.620. The molecule has 0 aromatic carbocycles. The molecule has 2 aliphatic carbocycles. The lowest BCUT2D eigenvalue weighted by molar-refractivity contribution is 0.586. The minimum Gasteiger partial charge on any atom is -0.132 e. The zero-order valence-electron chi connectivity index (χ0n) is 7.75. The van der Waals surface area contributed by atoms with Crippen LogP contribution in [0.25, 0.3) is 0 Å². The molecule has 3 unspecified atom stereocenters. The van der Waals surface area contributed by atoms with Crippen molar-refractivity contribution in [2.24, 2.45) is 17.8 Å². The lowest BCUT2D eigenvalue weighted by Crippen LogP contribution is -1.95. The molecule has 3 rings (SSSR count). The molecule has 0 N–H and O–H groups in total. The van der Waals surface area contributed by atoms with Crippen molar-refractivity contribution < 1.29 is 0 Å². The summed E-state index contributed by atoms with van der Waals surface area (Å²) < 4.78 is 1.25. The molecule has 1 aromatic heterocycles. The molecule has 2 saturated carbocycles. The maximum atomic E-state index is 3.87. The van der Waals surface area contributed by atoms with Crippen LogP contribution in [0.5, 0.6) is 0 Å². The summed E-state index contributed by atoms with van der Waals surface area (Å²) in [6, 6.07) is 4.41. The molecule has 0 amide bonds. The van der Waals surface area contributed by atoms with E-state index in [4.69, 9.17) is 0 Å². The number of thiophene rings is 1. The largest absolute Gasteiger partial charge is 0.132 e. The Morgan fingerprint density at radius 3 is 2.57 bits per heavy atom. The highest BCUT2D eigenvalue weighted by Gasteiger charge is 2.55. The molecule has 1 heterocycles. The van der Waals surface area contributed by atoms with Crippen LogP contribution < -0.4 is 0 Å². The molecule has 2 fully saturated rings.